The largest absolute Gasteiger partial charge is 0.493 e. The predicted molar refractivity (Wildman–Crippen MR) is 122 cm³/mol. The van der Waals surface area contributed by atoms with E-state index in [-0.39, 0.29) is 23.0 Å². The molecular weight excluding hydrogens is 406 g/mol. The number of amides is 1. The van der Waals surface area contributed by atoms with Crippen LogP contribution in [0.4, 0.5) is 5.69 Å². The summed E-state index contributed by atoms with van der Waals surface area (Å²) in [6.07, 6.45) is 3.04. The second kappa shape index (κ2) is 8.89. The van der Waals surface area contributed by atoms with E-state index in [0.717, 1.165) is 5.56 Å². The van der Waals surface area contributed by atoms with Crippen LogP contribution in [0.3, 0.4) is 0 Å². The van der Waals surface area contributed by atoms with E-state index in [0.29, 0.717) is 40.5 Å². The number of benzene rings is 3. The molecule has 0 bridgehead atoms. The van der Waals surface area contributed by atoms with E-state index in [1.54, 1.807) is 61.7 Å². The van der Waals surface area contributed by atoms with Crippen molar-refractivity contribution in [1.29, 1.82) is 0 Å². The molecule has 1 aliphatic rings. The third kappa shape index (κ3) is 4.03. The number of carbonyl (C=O) groups is 3. The summed E-state index contributed by atoms with van der Waals surface area (Å²) >= 11 is 0. The van der Waals surface area contributed by atoms with Crippen molar-refractivity contribution >= 4 is 29.2 Å². The van der Waals surface area contributed by atoms with Crippen molar-refractivity contribution in [1.82, 2.24) is 0 Å². The molecule has 160 valence electrons. The van der Waals surface area contributed by atoms with Crippen LogP contribution in [0.15, 0.2) is 66.7 Å². The van der Waals surface area contributed by atoms with E-state index in [4.69, 9.17) is 9.47 Å². The van der Waals surface area contributed by atoms with Crippen LogP contribution in [0.2, 0.25) is 0 Å². The fourth-order valence-corrected chi connectivity index (χ4v) is 3.60. The molecule has 0 saturated heterocycles. The molecule has 32 heavy (non-hydrogen) atoms. The number of rotatable bonds is 6. The molecule has 0 aromatic heterocycles. The van der Waals surface area contributed by atoms with Crippen molar-refractivity contribution in [3.05, 3.63) is 94.6 Å². The van der Waals surface area contributed by atoms with Crippen LogP contribution in [0.25, 0.3) is 6.08 Å². The van der Waals surface area contributed by atoms with Crippen LogP contribution in [0.1, 0.15) is 44.3 Å². The molecule has 6 heteroatoms. The van der Waals surface area contributed by atoms with Gasteiger partial charge in [-0.3, -0.25) is 14.4 Å². The van der Waals surface area contributed by atoms with Gasteiger partial charge in [-0.15, -0.1) is 0 Å². The first kappa shape index (κ1) is 21.1. The molecule has 3 aromatic carbocycles. The zero-order valence-corrected chi connectivity index (χ0v) is 17.7. The maximum Gasteiger partial charge on any atom is 0.248 e. The Morgan fingerprint density at radius 2 is 1.56 bits per heavy atom. The minimum Gasteiger partial charge on any atom is -0.493 e. The highest BCUT2D eigenvalue weighted by atomic mass is 16.5. The number of hydrogen-bond donors (Lipinski definition) is 1. The van der Waals surface area contributed by atoms with E-state index in [1.165, 1.54) is 12.1 Å². The van der Waals surface area contributed by atoms with Gasteiger partial charge in [0, 0.05) is 34.0 Å². The number of hydrogen-bond acceptors (Lipinski definition) is 5. The Morgan fingerprint density at radius 1 is 0.875 bits per heavy atom. The van der Waals surface area contributed by atoms with Crippen molar-refractivity contribution < 1.29 is 23.9 Å². The summed E-state index contributed by atoms with van der Waals surface area (Å²) in [6.45, 7) is 2.41. The quantitative estimate of drug-likeness (QED) is 0.458. The van der Waals surface area contributed by atoms with Gasteiger partial charge in [-0.1, -0.05) is 30.3 Å². The molecule has 0 saturated carbocycles. The maximum absolute atomic E-state index is 12.8. The first-order valence-electron chi connectivity index (χ1n) is 10.1. The van der Waals surface area contributed by atoms with E-state index in [1.807, 2.05) is 13.0 Å². The zero-order valence-electron chi connectivity index (χ0n) is 17.7. The Morgan fingerprint density at radius 3 is 2.25 bits per heavy atom. The summed E-state index contributed by atoms with van der Waals surface area (Å²) in [4.78, 5) is 37.9. The maximum atomic E-state index is 12.8. The molecular formula is C26H21NO5. The Bertz CT molecular complexity index is 1260. The normalized spacial score (nSPS) is 12.3. The number of fused-ring (bicyclic) bond motifs is 2. The Labute approximate surface area is 185 Å². The van der Waals surface area contributed by atoms with Crippen molar-refractivity contribution in [2.75, 3.05) is 19.0 Å². The summed E-state index contributed by atoms with van der Waals surface area (Å²) in [6, 6.07) is 16.8. The van der Waals surface area contributed by atoms with E-state index in [2.05, 4.69) is 5.32 Å². The topological polar surface area (TPSA) is 81.7 Å². The van der Waals surface area contributed by atoms with Gasteiger partial charge in [0.2, 0.25) is 5.91 Å². The second-order valence-electron chi connectivity index (χ2n) is 7.13. The Kier molecular flexibility index (Phi) is 5.85. The monoisotopic (exact) mass is 427 g/mol. The minimum atomic E-state index is -0.368. The minimum absolute atomic E-state index is 0.197. The van der Waals surface area contributed by atoms with Crippen molar-refractivity contribution in [2.24, 2.45) is 0 Å². The average molecular weight is 427 g/mol. The third-order valence-electron chi connectivity index (χ3n) is 5.11. The van der Waals surface area contributed by atoms with Crippen LogP contribution in [0, 0.1) is 0 Å². The molecule has 0 heterocycles. The SMILES string of the molecule is CCOc1ccc(/C=C/C(=O)Nc2ccc3c(c2)C(=O)c2ccccc2C3=O)cc1OC. The molecule has 0 aliphatic heterocycles. The molecule has 0 unspecified atom stereocenters. The van der Waals surface area contributed by atoms with Crippen LogP contribution < -0.4 is 14.8 Å². The van der Waals surface area contributed by atoms with E-state index >= 15 is 0 Å². The smallest absolute Gasteiger partial charge is 0.248 e. The Hall–Kier alpha value is -4.19. The fourth-order valence-electron chi connectivity index (χ4n) is 3.60. The highest BCUT2D eigenvalue weighted by molar-refractivity contribution is 6.28. The van der Waals surface area contributed by atoms with Gasteiger partial charge < -0.3 is 14.8 Å². The third-order valence-corrected chi connectivity index (χ3v) is 5.11. The fraction of sp³-hybridized carbons (Fsp3) is 0.115. The molecule has 0 spiro atoms. The number of carbonyl (C=O) groups excluding carboxylic acids is 3. The molecule has 0 atom stereocenters. The lowest BCUT2D eigenvalue weighted by Gasteiger charge is -2.18. The number of ether oxygens (including phenoxy) is 2. The van der Waals surface area contributed by atoms with Crippen LogP contribution in [0.5, 0.6) is 11.5 Å². The molecule has 4 rings (SSSR count). The lowest BCUT2D eigenvalue weighted by Crippen LogP contribution is -2.21. The van der Waals surface area contributed by atoms with Gasteiger partial charge in [0.15, 0.2) is 23.1 Å². The molecule has 0 radical (unpaired) electrons. The number of nitrogens with one attached hydrogen (secondary N) is 1. The standard InChI is InChI=1S/C26H21NO5/c1-3-32-22-12-8-16(14-23(22)31-2)9-13-24(28)27-17-10-11-20-21(15-17)26(30)19-7-5-4-6-18(19)25(20)29/h4-15H,3H2,1-2H3,(H,27,28)/b13-9+. The molecule has 1 N–H and O–H groups in total. The van der Waals surface area contributed by atoms with Gasteiger partial charge >= 0.3 is 0 Å². The lowest BCUT2D eigenvalue weighted by molar-refractivity contribution is -0.111. The molecule has 1 aliphatic carbocycles. The summed E-state index contributed by atoms with van der Waals surface area (Å²) in [5.41, 5.74) is 2.59. The summed E-state index contributed by atoms with van der Waals surface area (Å²) < 4.78 is 10.8. The van der Waals surface area contributed by atoms with Crippen LogP contribution in [-0.4, -0.2) is 31.2 Å². The van der Waals surface area contributed by atoms with Gasteiger partial charge in [-0.05, 0) is 48.9 Å². The van der Waals surface area contributed by atoms with Crippen LogP contribution in [-0.2, 0) is 4.79 Å². The summed E-state index contributed by atoms with van der Waals surface area (Å²) in [7, 11) is 1.55. The molecule has 1 amide bonds. The zero-order chi connectivity index (χ0) is 22.7. The number of methoxy groups -OCH3 is 1. The molecule has 3 aromatic rings. The van der Waals surface area contributed by atoms with E-state index < -0.39 is 0 Å². The predicted octanol–water partition coefficient (Wildman–Crippen LogP) is 4.52. The van der Waals surface area contributed by atoms with Gasteiger partial charge in [0.1, 0.15) is 0 Å². The van der Waals surface area contributed by atoms with Gasteiger partial charge in [-0.2, -0.15) is 0 Å². The molecule has 0 fully saturated rings. The molecule has 6 nitrogen and oxygen atoms in total. The summed E-state index contributed by atoms with van der Waals surface area (Å²) in [5, 5.41) is 2.74. The van der Waals surface area contributed by atoms with Crippen molar-refractivity contribution in [3.63, 3.8) is 0 Å². The highest BCUT2D eigenvalue weighted by Gasteiger charge is 2.29. The van der Waals surface area contributed by atoms with Gasteiger partial charge in [-0.25, -0.2) is 0 Å². The average Bonchev–Trinajstić information content (AvgIpc) is 2.82. The number of anilines is 1. The van der Waals surface area contributed by atoms with Crippen molar-refractivity contribution in [3.8, 4) is 11.5 Å². The number of ketones is 2. The second-order valence-corrected chi connectivity index (χ2v) is 7.13. The van der Waals surface area contributed by atoms with Gasteiger partial charge in [0.05, 0.1) is 13.7 Å². The van der Waals surface area contributed by atoms with E-state index in [9.17, 15) is 14.4 Å². The first-order chi connectivity index (χ1) is 15.5. The highest BCUT2D eigenvalue weighted by Crippen LogP contribution is 2.30. The first-order valence-corrected chi connectivity index (χ1v) is 10.1. The van der Waals surface area contributed by atoms with Crippen LogP contribution >= 0.6 is 0 Å². The summed E-state index contributed by atoms with van der Waals surface area (Å²) in [5.74, 6) is 0.410. The van der Waals surface area contributed by atoms with Gasteiger partial charge in [0.25, 0.3) is 0 Å². The van der Waals surface area contributed by atoms with Crippen molar-refractivity contribution in [2.45, 2.75) is 6.92 Å². The Balaban J connectivity index is 1.51. The lowest BCUT2D eigenvalue weighted by atomic mass is 9.84.